The summed E-state index contributed by atoms with van der Waals surface area (Å²) >= 11 is 0. The molecule has 2 N–H and O–H groups in total. The van der Waals surface area contributed by atoms with Crippen molar-refractivity contribution in [3.8, 4) is 11.5 Å². The molecule has 2 aromatic rings. The summed E-state index contributed by atoms with van der Waals surface area (Å²) in [6.07, 6.45) is 3.06. The van der Waals surface area contributed by atoms with Gasteiger partial charge in [0, 0.05) is 38.8 Å². The van der Waals surface area contributed by atoms with E-state index in [1.54, 1.807) is 13.4 Å². The van der Waals surface area contributed by atoms with Crippen LogP contribution in [-0.2, 0) is 11.2 Å². The molecule has 23 heavy (non-hydrogen) atoms. The molecule has 6 nitrogen and oxygen atoms in total. The molecule has 0 atom stereocenters. The zero-order valence-electron chi connectivity index (χ0n) is 13.6. The van der Waals surface area contributed by atoms with E-state index >= 15 is 0 Å². The summed E-state index contributed by atoms with van der Waals surface area (Å²) in [5, 5.41) is 5.56. The second-order valence-corrected chi connectivity index (χ2v) is 5.29. The first-order chi connectivity index (χ1) is 11.2. The topological polar surface area (TPSA) is 76.4 Å². The van der Waals surface area contributed by atoms with Crippen LogP contribution in [0.3, 0.4) is 0 Å². The summed E-state index contributed by atoms with van der Waals surface area (Å²) < 4.78 is 10.4. The quantitative estimate of drug-likeness (QED) is 0.734. The fourth-order valence-corrected chi connectivity index (χ4v) is 2.04. The third kappa shape index (κ3) is 5.75. The van der Waals surface area contributed by atoms with Crippen LogP contribution in [0.15, 0.2) is 34.9 Å². The van der Waals surface area contributed by atoms with Gasteiger partial charge in [0.05, 0.1) is 5.69 Å². The van der Waals surface area contributed by atoms with E-state index < -0.39 is 0 Å². The predicted molar refractivity (Wildman–Crippen MR) is 88.3 cm³/mol. The van der Waals surface area contributed by atoms with Crippen LogP contribution in [0.4, 0.5) is 4.79 Å². The Morgan fingerprint density at radius 3 is 2.70 bits per heavy atom. The van der Waals surface area contributed by atoms with Gasteiger partial charge in [-0.15, -0.1) is 0 Å². The van der Waals surface area contributed by atoms with Crippen LogP contribution in [0.25, 0.3) is 11.5 Å². The summed E-state index contributed by atoms with van der Waals surface area (Å²) in [5.74, 6) is 0.601. The smallest absolute Gasteiger partial charge is 0.314 e. The van der Waals surface area contributed by atoms with E-state index in [9.17, 15) is 4.79 Å². The van der Waals surface area contributed by atoms with Crippen molar-refractivity contribution in [1.82, 2.24) is 15.6 Å². The van der Waals surface area contributed by atoms with Crippen molar-refractivity contribution in [3.05, 3.63) is 41.8 Å². The molecule has 2 amide bonds. The number of aromatic nitrogens is 1. The van der Waals surface area contributed by atoms with E-state index in [0.717, 1.165) is 17.7 Å². The highest BCUT2D eigenvalue weighted by Gasteiger charge is 2.07. The number of aryl methyl sites for hydroxylation is 1. The maximum atomic E-state index is 11.5. The lowest BCUT2D eigenvalue weighted by Gasteiger charge is -2.06. The number of hydrogen-bond acceptors (Lipinski definition) is 4. The first kappa shape index (κ1) is 17.0. The molecule has 1 heterocycles. The molecule has 0 unspecified atom stereocenters. The monoisotopic (exact) mass is 317 g/mol. The molecule has 1 aromatic carbocycles. The van der Waals surface area contributed by atoms with Crippen LogP contribution in [-0.4, -0.2) is 37.8 Å². The maximum Gasteiger partial charge on any atom is 0.314 e. The van der Waals surface area contributed by atoms with E-state index in [2.05, 4.69) is 15.6 Å². The van der Waals surface area contributed by atoms with Gasteiger partial charge in [0.1, 0.15) is 6.26 Å². The van der Waals surface area contributed by atoms with Gasteiger partial charge < -0.3 is 19.8 Å². The molecule has 2 rings (SSSR count). The zero-order valence-corrected chi connectivity index (χ0v) is 13.6. The lowest BCUT2D eigenvalue weighted by Crippen LogP contribution is -2.37. The van der Waals surface area contributed by atoms with Gasteiger partial charge in [-0.25, -0.2) is 9.78 Å². The Morgan fingerprint density at radius 1 is 1.22 bits per heavy atom. The standard InChI is InChI=1S/C17H23N3O3/c1-13-4-6-14(7-5-13)16-20-15(12-23-16)8-10-19-17(21)18-9-3-11-22-2/h4-7,12H,3,8-11H2,1-2H3,(H2,18,19,21). The number of oxazole rings is 1. The number of nitrogens with zero attached hydrogens (tertiary/aromatic N) is 1. The molecule has 0 aliphatic rings. The first-order valence-corrected chi connectivity index (χ1v) is 7.71. The van der Waals surface area contributed by atoms with Crippen molar-refractivity contribution in [2.24, 2.45) is 0 Å². The lowest BCUT2D eigenvalue weighted by molar-refractivity contribution is 0.193. The SMILES string of the molecule is COCCCNC(=O)NCCc1coc(-c2ccc(C)cc2)n1. The third-order valence-electron chi connectivity index (χ3n) is 3.33. The molecule has 124 valence electrons. The first-order valence-electron chi connectivity index (χ1n) is 7.71. The average molecular weight is 317 g/mol. The second kappa shape index (κ2) is 8.95. The van der Waals surface area contributed by atoms with Crippen LogP contribution in [0.2, 0.25) is 0 Å². The van der Waals surface area contributed by atoms with E-state index in [-0.39, 0.29) is 6.03 Å². The highest BCUT2D eigenvalue weighted by molar-refractivity contribution is 5.73. The molecule has 0 spiro atoms. The molecular formula is C17H23N3O3. The number of nitrogens with one attached hydrogen (secondary N) is 2. The van der Waals surface area contributed by atoms with Gasteiger partial charge in [-0.2, -0.15) is 0 Å². The Morgan fingerprint density at radius 2 is 1.96 bits per heavy atom. The Balaban J connectivity index is 1.72. The van der Waals surface area contributed by atoms with Gasteiger partial charge in [0.15, 0.2) is 0 Å². The molecule has 0 saturated carbocycles. The minimum Gasteiger partial charge on any atom is -0.444 e. The maximum absolute atomic E-state index is 11.5. The molecule has 0 aliphatic heterocycles. The van der Waals surface area contributed by atoms with Crippen LogP contribution in [0.5, 0.6) is 0 Å². The van der Waals surface area contributed by atoms with E-state index in [1.807, 2.05) is 31.2 Å². The molecule has 0 bridgehead atoms. The number of amides is 2. The minimum atomic E-state index is -0.177. The van der Waals surface area contributed by atoms with Gasteiger partial charge >= 0.3 is 6.03 Å². The van der Waals surface area contributed by atoms with Crippen molar-refractivity contribution in [3.63, 3.8) is 0 Å². The third-order valence-corrected chi connectivity index (χ3v) is 3.33. The Bertz CT molecular complexity index is 608. The number of methoxy groups -OCH3 is 1. The molecule has 6 heteroatoms. The lowest BCUT2D eigenvalue weighted by atomic mass is 10.1. The van der Waals surface area contributed by atoms with Gasteiger partial charge in [0.25, 0.3) is 0 Å². The fourth-order valence-electron chi connectivity index (χ4n) is 2.04. The number of hydrogen-bond donors (Lipinski definition) is 2. The molecular weight excluding hydrogens is 294 g/mol. The summed E-state index contributed by atoms with van der Waals surface area (Å²) in [6.45, 7) is 3.79. The number of benzene rings is 1. The van der Waals surface area contributed by atoms with Crippen molar-refractivity contribution in [2.45, 2.75) is 19.8 Å². The van der Waals surface area contributed by atoms with Crippen LogP contribution >= 0.6 is 0 Å². The Labute approximate surface area is 136 Å². The number of rotatable bonds is 8. The molecule has 0 fully saturated rings. The van der Waals surface area contributed by atoms with E-state index in [4.69, 9.17) is 9.15 Å². The Hall–Kier alpha value is -2.34. The zero-order chi connectivity index (χ0) is 16.5. The van der Waals surface area contributed by atoms with Gasteiger partial charge in [-0.1, -0.05) is 17.7 Å². The highest BCUT2D eigenvalue weighted by Crippen LogP contribution is 2.19. The van der Waals surface area contributed by atoms with Crippen molar-refractivity contribution < 1.29 is 13.9 Å². The number of carbonyl (C=O) groups is 1. The molecule has 0 aliphatic carbocycles. The van der Waals surface area contributed by atoms with E-state index in [1.165, 1.54) is 5.56 Å². The summed E-state index contributed by atoms with van der Waals surface area (Å²) in [4.78, 5) is 16.0. The minimum absolute atomic E-state index is 0.177. The van der Waals surface area contributed by atoms with Crippen LogP contribution in [0.1, 0.15) is 17.7 Å². The second-order valence-electron chi connectivity index (χ2n) is 5.29. The van der Waals surface area contributed by atoms with Crippen LogP contribution in [0, 0.1) is 6.92 Å². The average Bonchev–Trinajstić information content (AvgIpc) is 3.01. The van der Waals surface area contributed by atoms with Crippen molar-refractivity contribution in [1.29, 1.82) is 0 Å². The molecule has 0 saturated heterocycles. The predicted octanol–water partition coefficient (Wildman–Crippen LogP) is 2.53. The summed E-state index contributed by atoms with van der Waals surface area (Å²) in [5.41, 5.74) is 2.96. The normalized spacial score (nSPS) is 10.5. The number of urea groups is 1. The van der Waals surface area contributed by atoms with E-state index in [0.29, 0.717) is 32.0 Å². The van der Waals surface area contributed by atoms with Gasteiger partial charge in [0.2, 0.25) is 5.89 Å². The number of carbonyl (C=O) groups excluding carboxylic acids is 1. The largest absolute Gasteiger partial charge is 0.444 e. The van der Waals surface area contributed by atoms with Crippen molar-refractivity contribution >= 4 is 6.03 Å². The highest BCUT2D eigenvalue weighted by atomic mass is 16.5. The molecule has 0 radical (unpaired) electrons. The van der Waals surface area contributed by atoms with Gasteiger partial charge in [-0.05, 0) is 25.5 Å². The number of ether oxygens (including phenoxy) is 1. The molecule has 1 aromatic heterocycles. The van der Waals surface area contributed by atoms with Crippen LogP contribution < -0.4 is 10.6 Å². The fraction of sp³-hybridized carbons (Fsp3) is 0.412. The van der Waals surface area contributed by atoms with Gasteiger partial charge in [-0.3, -0.25) is 0 Å². The summed E-state index contributed by atoms with van der Waals surface area (Å²) in [6, 6.07) is 7.83. The Kier molecular flexibility index (Phi) is 6.62. The van der Waals surface area contributed by atoms with Crippen molar-refractivity contribution in [2.75, 3.05) is 26.8 Å². The summed E-state index contributed by atoms with van der Waals surface area (Å²) in [7, 11) is 1.64.